The van der Waals surface area contributed by atoms with E-state index in [9.17, 15) is 9.59 Å². The maximum Gasteiger partial charge on any atom is 0.305 e. The van der Waals surface area contributed by atoms with Crippen molar-refractivity contribution in [2.24, 2.45) is 0 Å². The largest absolute Gasteiger partial charge is 0.481 e. The van der Waals surface area contributed by atoms with Crippen molar-refractivity contribution in [1.29, 1.82) is 0 Å². The first kappa shape index (κ1) is 14.9. The highest BCUT2D eigenvalue weighted by atomic mass is 32.1. The molecule has 0 aliphatic carbocycles. The molecule has 110 valence electrons. The van der Waals surface area contributed by atoms with Crippen LogP contribution < -0.4 is 5.32 Å². The first-order valence-corrected chi connectivity index (χ1v) is 7.18. The predicted octanol–water partition coefficient (Wildman–Crippen LogP) is 0.777. The highest BCUT2D eigenvalue weighted by molar-refractivity contribution is 7.13. The minimum atomic E-state index is -0.831. The maximum atomic E-state index is 10.9. The van der Waals surface area contributed by atoms with Gasteiger partial charge < -0.3 is 15.2 Å². The van der Waals surface area contributed by atoms with E-state index in [0.29, 0.717) is 31.4 Å². The van der Waals surface area contributed by atoms with E-state index < -0.39 is 5.97 Å². The van der Waals surface area contributed by atoms with Gasteiger partial charge in [0.15, 0.2) is 5.13 Å². The fraction of sp³-hybridized carbons (Fsp3) is 0.583. The Morgan fingerprint density at radius 3 is 3.15 bits per heavy atom. The number of hydrogen-bond donors (Lipinski definition) is 2. The van der Waals surface area contributed by atoms with Gasteiger partial charge in [0.05, 0.1) is 25.3 Å². The summed E-state index contributed by atoms with van der Waals surface area (Å²) in [5, 5.41) is 14.0. The van der Waals surface area contributed by atoms with Crippen LogP contribution in [0.4, 0.5) is 5.13 Å². The van der Waals surface area contributed by atoms with E-state index in [1.807, 2.05) is 5.38 Å². The van der Waals surface area contributed by atoms with Crippen LogP contribution in [0.15, 0.2) is 5.38 Å². The number of rotatable bonds is 5. The van der Waals surface area contributed by atoms with E-state index in [-0.39, 0.29) is 18.4 Å². The van der Waals surface area contributed by atoms with Crippen LogP contribution in [0.5, 0.6) is 0 Å². The molecule has 1 unspecified atom stereocenters. The third-order valence-electron chi connectivity index (χ3n) is 2.96. The monoisotopic (exact) mass is 299 g/mol. The van der Waals surface area contributed by atoms with Crippen LogP contribution in [0.3, 0.4) is 0 Å². The van der Waals surface area contributed by atoms with E-state index in [0.717, 1.165) is 5.69 Å². The standard InChI is InChI=1S/C12H17N3O4S/c1-8(16)13-12-14-9(7-20-12)5-15-2-3-19-6-10(15)4-11(17)18/h7,10H,2-6H2,1H3,(H,17,18)(H,13,14,16). The molecule has 7 nitrogen and oxygen atoms in total. The van der Waals surface area contributed by atoms with Gasteiger partial charge in [-0.2, -0.15) is 0 Å². The summed E-state index contributed by atoms with van der Waals surface area (Å²) in [6.45, 7) is 3.71. The maximum absolute atomic E-state index is 10.9. The molecule has 0 saturated carbocycles. The fourth-order valence-electron chi connectivity index (χ4n) is 2.08. The molecule has 1 aromatic rings. The van der Waals surface area contributed by atoms with Crippen molar-refractivity contribution in [2.75, 3.05) is 25.1 Å². The van der Waals surface area contributed by atoms with Gasteiger partial charge in [0, 0.05) is 31.4 Å². The predicted molar refractivity (Wildman–Crippen MR) is 73.7 cm³/mol. The van der Waals surface area contributed by atoms with Crippen LogP contribution >= 0.6 is 11.3 Å². The van der Waals surface area contributed by atoms with E-state index in [4.69, 9.17) is 9.84 Å². The van der Waals surface area contributed by atoms with Gasteiger partial charge in [0.1, 0.15) is 0 Å². The molecule has 0 bridgehead atoms. The number of carboxylic acids is 1. The molecule has 1 aliphatic rings. The second kappa shape index (κ2) is 6.78. The molecule has 0 aromatic carbocycles. The summed E-state index contributed by atoms with van der Waals surface area (Å²) in [6, 6.07) is -0.132. The molecular formula is C12H17N3O4S. The van der Waals surface area contributed by atoms with Crippen LogP contribution in [0.2, 0.25) is 0 Å². The van der Waals surface area contributed by atoms with Gasteiger partial charge in [-0.05, 0) is 0 Å². The summed E-state index contributed by atoms with van der Waals surface area (Å²) in [4.78, 5) is 28.2. The van der Waals surface area contributed by atoms with Gasteiger partial charge in [-0.1, -0.05) is 0 Å². The number of amides is 1. The number of nitrogens with zero attached hydrogens (tertiary/aromatic N) is 2. The Balaban J connectivity index is 1.97. The zero-order valence-corrected chi connectivity index (χ0v) is 12.0. The number of hydrogen-bond acceptors (Lipinski definition) is 6. The number of nitrogens with one attached hydrogen (secondary N) is 1. The van der Waals surface area contributed by atoms with Crippen LogP contribution in [0.1, 0.15) is 19.0 Å². The summed E-state index contributed by atoms with van der Waals surface area (Å²) in [6.07, 6.45) is 0.0582. The lowest BCUT2D eigenvalue weighted by Crippen LogP contribution is -2.45. The summed E-state index contributed by atoms with van der Waals surface area (Å²) in [5.74, 6) is -0.983. The van der Waals surface area contributed by atoms with Crippen LogP contribution in [-0.4, -0.2) is 52.7 Å². The molecule has 2 rings (SSSR count). The average molecular weight is 299 g/mol. The van der Waals surface area contributed by atoms with Crippen LogP contribution in [0.25, 0.3) is 0 Å². The molecule has 2 heterocycles. The molecule has 2 N–H and O–H groups in total. The lowest BCUT2D eigenvalue weighted by atomic mass is 10.1. The Labute approximate surface area is 120 Å². The zero-order valence-electron chi connectivity index (χ0n) is 11.2. The number of thiazole rings is 1. The third-order valence-corrected chi connectivity index (χ3v) is 3.77. The minimum absolute atomic E-state index is 0.0582. The van der Waals surface area contributed by atoms with Crippen molar-refractivity contribution in [2.45, 2.75) is 25.9 Å². The average Bonchev–Trinajstić information content (AvgIpc) is 2.77. The SMILES string of the molecule is CC(=O)Nc1nc(CN2CCOCC2CC(=O)O)cs1. The Kier molecular flexibility index (Phi) is 5.05. The Bertz CT molecular complexity index is 491. The number of aromatic nitrogens is 1. The number of carbonyl (C=O) groups excluding carboxylic acids is 1. The highest BCUT2D eigenvalue weighted by Crippen LogP contribution is 2.19. The van der Waals surface area contributed by atoms with Gasteiger partial charge in [-0.3, -0.25) is 14.5 Å². The van der Waals surface area contributed by atoms with Gasteiger partial charge >= 0.3 is 5.97 Å². The lowest BCUT2D eigenvalue weighted by molar-refractivity contribution is -0.140. The second-order valence-corrected chi connectivity index (χ2v) is 5.48. The van der Waals surface area contributed by atoms with Crippen molar-refractivity contribution < 1.29 is 19.4 Å². The second-order valence-electron chi connectivity index (χ2n) is 4.62. The summed E-state index contributed by atoms with van der Waals surface area (Å²) in [7, 11) is 0. The van der Waals surface area contributed by atoms with Crippen molar-refractivity contribution in [3.8, 4) is 0 Å². The minimum Gasteiger partial charge on any atom is -0.481 e. The first-order chi connectivity index (χ1) is 9.54. The number of aliphatic carboxylic acids is 1. The van der Waals surface area contributed by atoms with Gasteiger partial charge in [0.2, 0.25) is 5.91 Å². The first-order valence-electron chi connectivity index (χ1n) is 6.30. The van der Waals surface area contributed by atoms with Gasteiger partial charge in [-0.15, -0.1) is 11.3 Å². The number of morpholine rings is 1. The van der Waals surface area contributed by atoms with Gasteiger partial charge in [0.25, 0.3) is 0 Å². The molecule has 1 aromatic heterocycles. The molecular weight excluding hydrogens is 282 g/mol. The number of carbonyl (C=O) groups is 2. The number of carboxylic acid groups (broad SMARTS) is 1. The van der Waals surface area contributed by atoms with E-state index >= 15 is 0 Å². The van der Waals surface area contributed by atoms with E-state index in [1.54, 1.807) is 0 Å². The molecule has 1 aliphatic heterocycles. The quantitative estimate of drug-likeness (QED) is 0.834. The lowest BCUT2D eigenvalue weighted by Gasteiger charge is -2.34. The summed E-state index contributed by atoms with van der Waals surface area (Å²) < 4.78 is 5.33. The van der Waals surface area contributed by atoms with Crippen LogP contribution in [0, 0.1) is 0 Å². The molecule has 1 atom stereocenters. The van der Waals surface area contributed by atoms with E-state index in [2.05, 4.69) is 15.2 Å². The number of ether oxygens (including phenoxy) is 1. The topological polar surface area (TPSA) is 91.8 Å². The molecule has 0 spiro atoms. The molecule has 1 saturated heterocycles. The normalized spacial score (nSPS) is 19.8. The molecule has 0 radical (unpaired) electrons. The molecule has 1 amide bonds. The van der Waals surface area contributed by atoms with Crippen LogP contribution in [-0.2, 0) is 20.9 Å². The Morgan fingerprint density at radius 1 is 1.65 bits per heavy atom. The summed E-state index contributed by atoms with van der Waals surface area (Å²) in [5.41, 5.74) is 0.830. The van der Waals surface area contributed by atoms with E-state index in [1.165, 1.54) is 18.3 Å². The highest BCUT2D eigenvalue weighted by Gasteiger charge is 2.25. The summed E-state index contributed by atoms with van der Waals surface area (Å²) >= 11 is 1.36. The Morgan fingerprint density at radius 2 is 2.45 bits per heavy atom. The van der Waals surface area contributed by atoms with Gasteiger partial charge in [-0.25, -0.2) is 4.98 Å². The molecule has 8 heteroatoms. The Hall–Kier alpha value is -1.51. The molecule has 1 fully saturated rings. The fourth-order valence-corrected chi connectivity index (χ4v) is 2.83. The van der Waals surface area contributed by atoms with Crippen molar-refractivity contribution in [3.05, 3.63) is 11.1 Å². The van der Waals surface area contributed by atoms with Crippen molar-refractivity contribution >= 4 is 28.3 Å². The van der Waals surface area contributed by atoms with Crippen molar-refractivity contribution in [1.82, 2.24) is 9.88 Å². The molecule has 20 heavy (non-hydrogen) atoms. The zero-order chi connectivity index (χ0) is 14.5. The van der Waals surface area contributed by atoms with Crippen molar-refractivity contribution in [3.63, 3.8) is 0 Å². The number of anilines is 1. The smallest absolute Gasteiger partial charge is 0.305 e. The third kappa shape index (κ3) is 4.26.